The van der Waals surface area contributed by atoms with E-state index in [-0.39, 0.29) is 0 Å². The lowest BCUT2D eigenvalue weighted by molar-refractivity contribution is 0.256. The Balaban J connectivity index is 2.53. The molecule has 0 bridgehead atoms. The number of carbonyl (C=O) groups is 1. The molecule has 1 radical (unpaired) electrons. The van der Waals surface area contributed by atoms with Crippen molar-refractivity contribution in [3.8, 4) is 5.75 Å². The lowest BCUT2D eigenvalue weighted by Gasteiger charge is -2.23. The molecule has 0 aliphatic heterocycles. The molecular weight excluding hydrogens is 252 g/mol. The van der Waals surface area contributed by atoms with Crippen LogP contribution in [0.3, 0.4) is 0 Å². The van der Waals surface area contributed by atoms with Gasteiger partial charge in [-0.3, -0.25) is 4.90 Å². The van der Waals surface area contributed by atoms with Crippen molar-refractivity contribution in [2.75, 3.05) is 12.0 Å². The van der Waals surface area contributed by atoms with Crippen LogP contribution in [0.4, 0.5) is 16.2 Å². The van der Waals surface area contributed by atoms with Crippen molar-refractivity contribution in [1.29, 1.82) is 0 Å². The third-order valence-corrected chi connectivity index (χ3v) is 3.01. The first-order valence-corrected chi connectivity index (χ1v) is 6.28. The zero-order valence-electron chi connectivity index (χ0n) is 11.4. The van der Waals surface area contributed by atoms with E-state index < -0.39 is 6.03 Å². The number of para-hydroxylation sites is 1. The van der Waals surface area contributed by atoms with Gasteiger partial charge >= 0.3 is 6.03 Å². The summed E-state index contributed by atoms with van der Waals surface area (Å²) in [7, 11) is 1.57. The number of rotatable bonds is 4. The standard InChI is InChI=1S/C16H17N2O2/c1-3-12-9-10-14(15(11-12)20-2)18(16(17)19)13-7-5-4-6-8-13/h4-11H,1,3H2,2H3,(H2,17,19). The van der Waals surface area contributed by atoms with Crippen molar-refractivity contribution in [2.24, 2.45) is 5.73 Å². The lowest BCUT2D eigenvalue weighted by Crippen LogP contribution is -2.31. The molecule has 0 saturated heterocycles. The summed E-state index contributed by atoms with van der Waals surface area (Å²) in [5.41, 5.74) is 7.85. The molecule has 0 unspecified atom stereocenters. The van der Waals surface area contributed by atoms with Gasteiger partial charge in [0, 0.05) is 0 Å². The number of methoxy groups -OCH3 is 1. The van der Waals surface area contributed by atoms with Crippen LogP contribution in [0.5, 0.6) is 5.75 Å². The van der Waals surface area contributed by atoms with E-state index in [0.717, 1.165) is 5.56 Å². The van der Waals surface area contributed by atoms with Crippen LogP contribution in [-0.4, -0.2) is 13.1 Å². The van der Waals surface area contributed by atoms with Crippen molar-refractivity contribution in [2.45, 2.75) is 6.42 Å². The number of anilines is 2. The Morgan fingerprint density at radius 1 is 1.25 bits per heavy atom. The number of nitrogens with zero attached hydrogens (tertiary/aromatic N) is 1. The van der Waals surface area contributed by atoms with Gasteiger partial charge in [0.15, 0.2) is 0 Å². The fourth-order valence-electron chi connectivity index (χ4n) is 2.02. The minimum atomic E-state index is -0.558. The fourth-order valence-corrected chi connectivity index (χ4v) is 2.02. The minimum absolute atomic E-state index is 0.558. The van der Waals surface area contributed by atoms with E-state index in [1.165, 1.54) is 4.90 Å². The average Bonchev–Trinajstić information content (AvgIpc) is 2.48. The quantitative estimate of drug-likeness (QED) is 0.926. The molecule has 4 heteroatoms. The first-order chi connectivity index (χ1) is 9.67. The van der Waals surface area contributed by atoms with Gasteiger partial charge in [0.25, 0.3) is 0 Å². The molecule has 4 nitrogen and oxygen atoms in total. The number of amides is 2. The van der Waals surface area contributed by atoms with Gasteiger partial charge in [-0.25, -0.2) is 4.79 Å². The van der Waals surface area contributed by atoms with Gasteiger partial charge in [0.1, 0.15) is 5.75 Å². The van der Waals surface area contributed by atoms with Gasteiger partial charge in [0.2, 0.25) is 0 Å². The molecule has 0 aliphatic rings. The molecule has 0 atom stereocenters. The summed E-state index contributed by atoms with van der Waals surface area (Å²) in [6.45, 7) is 3.84. The van der Waals surface area contributed by atoms with Crippen LogP contribution in [0.1, 0.15) is 5.56 Å². The molecular formula is C16H17N2O2. The highest BCUT2D eigenvalue weighted by molar-refractivity contribution is 5.99. The molecule has 2 N–H and O–H groups in total. The highest BCUT2D eigenvalue weighted by Gasteiger charge is 2.19. The molecule has 2 amide bonds. The minimum Gasteiger partial charge on any atom is -0.495 e. The van der Waals surface area contributed by atoms with E-state index in [1.54, 1.807) is 7.11 Å². The van der Waals surface area contributed by atoms with E-state index >= 15 is 0 Å². The summed E-state index contributed by atoms with van der Waals surface area (Å²) in [6.07, 6.45) is 0.651. The molecule has 0 spiro atoms. The first-order valence-electron chi connectivity index (χ1n) is 6.28. The van der Waals surface area contributed by atoms with Gasteiger partial charge in [-0.1, -0.05) is 24.3 Å². The third-order valence-electron chi connectivity index (χ3n) is 3.01. The van der Waals surface area contributed by atoms with Gasteiger partial charge in [-0.15, -0.1) is 0 Å². The third kappa shape index (κ3) is 2.74. The van der Waals surface area contributed by atoms with E-state index in [1.807, 2.05) is 48.5 Å². The van der Waals surface area contributed by atoms with Crippen molar-refractivity contribution < 1.29 is 9.53 Å². The Kier molecular flexibility index (Phi) is 4.25. The van der Waals surface area contributed by atoms with Crippen LogP contribution in [0, 0.1) is 6.92 Å². The maximum absolute atomic E-state index is 11.8. The van der Waals surface area contributed by atoms with Crippen molar-refractivity contribution in [3.63, 3.8) is 0 Å². The molecule has 0 aliphatic carbocycles. The van der Waals surface area contributed by atoms with E-state index in [9.17, 15) is 4.79 Å². The molecule has 0 fully saturated rings. The molecule has 0 saturated carbocycles. The van der Waals surface area contributed by atoms with Crippen molar-refractivity contribution in [3.05, 3.63) is 61.0 Å². The van der Waals surface area contributed by atoms with Gasteiger partial charge < -0.3 is 10.5 Å². The Labute approximate surface area is 118 Å². The summed E-state index contributed by atoms with van der Waals surface area (Å²) in [4.78, 5) is 13.2. The van der Waals surface area contributed by atoms with Crippen molar-refractivity contribution in [1.82, 2.24) is 0 Å². The highest BCUT2D eigenvalue weighted by Crippen LogP contribution is 2.34. The molecule has 2 aromatic rings. The second-order valence-corrected chi connectivity index (χ2v) is 4.27. The fraction of sp³-hybridized carbons (Fsp3) is 0.125. The maximum Gasteiger partial charge on any atom is 0.324 e. The Bertz CT molecular complexity index is 597. The largest absolute Gasteiger partial charge is 0.495 e. The predicted octanol–water partition coefficient (Wildman–Crippen LogP) is 3.29. The second kappa shape index (κ2) is 6.10. The predicted molar refractivity (Wildman–Crippen MR) is 80.2 cm³/mol. The summed E-state index contributed by atoms with van der Waals surface area (Å²) < 4.78 is 5.36. The zero-order valence-corrected chi connectivity index (χ0v) is 11.4. The number of carbonyl (C=O) groups excluding carboxylic acids is 1. The van der Waals surface area contributed by atoms with Crippen LogP contribution in [0.15, 0.2) is 48.5 Å². The Morgan fingerprint density at radius 3 is 2.50 bits per heavy atom. The van der Waals surface area contributed by atoms with Crippen LogP contribution in [0.25, 0.3) is 0 Å². The Hall–Kier alpha value is -2.49. The summed E-state index contributed by atoms with van der Waals surface area (Å²) in [5, 5.41) is 0. The molecule has 0 heterocycles. The topological polar surface area (TPSA) is 55.6 Å². The number of hydrogen-bond acceptors (Lipinski definition) is 2. The lowest BCUT2D eigenvalue weighted by atomic mass is 10.1. The average molecular weight is 269 g/mol. The number of ether oxygens (including phenoxy) is 1. The van der Waals surface area contributed by atoms with E-state index in [4.69, 9.17) is 10.5 Å². The van der Waals surface area contributed by atoms with Crippen LogP contribution < -0.4 is 15.4 Å². The normalized spacial score (nSPS) is 10.1. The summed E-state index contributed by atoms with van der Waals surface area (Å²) in [6, 6.07) is 14.2. The molecule has 0 aromatic heterocycles. The molecule has 2 rings (SSSR count). The monoisotopic (exact) mass is 269 g/mol. The van der Waals surface area contributed by atoms with E-state index in [2.05, 4.69) is 6.92 Å². The van der Waals surface area contributed by atoms with Gasteiger partial charge in [0.05, 0.1) is 18.5 Å². The van der Waals surface area contributed by atoms with Crippen LogP contribution >= 0.6 is 0 Å². The SMILES string of the molecule is [CH2]Cc1ccc(N(C(N)=O)c2ccccc2)c(OC)c1. The second-order valence-electron chi connectivity index (χ2n) is 4.27. The zero-order chi connectivity index (χ0) is 14.5. The van der Waals surface area contributed by atoms with E-state index in [0.29, 0.717) is 23.5 Å². The van der Waals surface area contributed by atoms with Crippen LogP contribution in [-0.2, 0) is 6.42 Å². The number of primary amides is 1. The maximum atomic E-state index is 11.8. The number of hydrogen-bond donors (Lipinski definition) is 1. The molecule has 2 aromatic carbocycles. The summed E-state index contributed by atoms with van der Waals surface area (Å²) in [5.74, 6) is 0.591. The van der Waals surface area contributed by atoms with Gasteiger partial charge in [-0.05, 0) is 43.2 Å². The molecule has 103 valence electrons. The smallest absolute Gasteiger partial charge is 0.324 e. The first kappa shape index (κ1) is 13.9. The molecule has 20 heavy (non-hydrogen) atoms. The highest BCUT2D eigenvalue weighted by atomic mass is 16.5. The van der Waals surface area contributed by atoms with Crippen molar-refractivity contribution >= 4 is 17.4 Å². The number of nitrogens with two attached hydrogens (primary N) is 1. The van der Waals surface area contributed by atoms with Gasteiger partial charge in [-0.2, -0.15) is 0 Å². The Morgan fingerprint density at radius 2 is 1.95 bits per heavy atom. The number of urea groups is 1. The van der Waals surface area contributed by atoms with Crippen LogP contribution in [0.2, 0.25) is 0 Å². The summed E-state index contributed by atoms with van der Waals surface area (Å²) >= 11 is 0. The number of benzene rings is 2.